The third kappa shape index (κ3) is 5.03. The molecule has 0 spiro atoms. The fraction of sp³-hybridized carbons (Fsp3) is 0.500. The zero-order valence-corrected chi connectivity index (χ0v) is 12.7. The minimum Gasteiger partial charge on any atom is -0.374 e. The van der Waals surface area contributed by atoms with Gasteiger partial charge in [-0.2, -0.15) is 0 Å². The number of ketones is 1. The van der Waals surface area contributed by atoms with Crippen molar-refractivity contribution < 1.29 is 9.59 Å². The Balaban J connectivity index is 2.55. The largest absolute Gasteiger partial charge is 0.374 e. The maximum Gasteiger partial charge on any atom is 0.242 e. The summed E-state index contributed by atoms with van der Waals surface area (Å²) in [6.45, 7) is 8.45. The van der Waals surface area contributed by atoms with Crippen LogP contribution >= 0.6 is 0 Å². The molecule has 4 heteroatoms. The molecule has 0 radical (unpaired) electrons. The maximum absolute atomic E-state index is 11.8. The zero-order valence-electron chi connectivity index (χ0n) is 12.7. The molecule has 2 N–H and O–H groups in total. The van der Waals surface area contributed by atoms with Gasteiger partial charge in [-0.3, -0.25) is 9.59 Å². The molecule has 0 saturated carbocycles. The molecule has 0 aromatic heterocycles. The van der Waals surface area contributed by atoms with Crippen LogP contribution in [-0.4, -0.2) is 24.3 Å². The van der Waals surface area contributed by atoms with Crippen molar-refractivity contribution in [2.24, 2.45) is 5.92 Å². The molecule has 0 aliphatic carbocycles. The predicted molar refractivity (Wildman–Crippen MR) is 82.0 cm³/mol. The smallest absolute Gasteiger partial charge is 0.242 e. The fourth-order valence-electron chi connectivity index (χ4n) is 1.73. The van der Waals surface area contributed by atoms with Crippen molar-refractivity contribution in [1.82, 2.24) is 5.32 Å². The fourth-order valence-corrected chi connectivity index (χ4v) is 1.73. The molecule has 4 nitrogen and oxygen atoms in total. The van der Waals surface area contributed by atoms with Crippen LogP contribution in [0.15, 0.2) is 24.3 Å². The first-order chi connectivity index (χ1) is 9.43. The minimum absolute atomic E-state index is 0.0209. The molecule has 1 atom stereocenters. The van der Waals surface area contributed by atoms with E-state index in [1.54, 1.807) is 12.1 Å². The highest BCUT2D eigenvalue weighted by atomic mass is 16.2. The number of nitrogens with one attached hydrogen (secondary N) is 2. The van der Waals surface area contributed by atoms with E-state index in [9.17, 15) is 9.59 Å². The van der Waals surface area contributed by atoms with E-state index in [-0.39, 0.29) is 17.7 Å². The molecule has 110 valence electrons. The molecule has 1 aromatic carbocycles. The summed E-state index contributed by atoms with van der Waals surface area (Å²) in [5, 5.41) is 6.01. The second kappa shape index (κ2) is 7.68. The van der Waals surface area contributed by atoms with Crippen molar-refractivity contribution in [3.8, 4) is 0 Å². The van der Waals surface area contributed by atoms with Crippen molar-refractivity contribution in [2.45, 2.75) is 40.2 Å². The number of Topliss-reactive ketones (excluding diaryl/α,β-unsaturated/α-hetero) is 1. The summed E-state index contributed by atoms with van der Waals surface area (Å²) >= 11 is 0. The highest BCUT2D eigenvalue weighted by Crippen LogP contribution is 2.12. The van der Waals surface area contributed by atoms with E-state index in [2.05, 4.69) is 24.5 Å². The Morgan fingerprint density at radius 3 is 2.20 bits per heavy atom. The molecule has 1 amide bonds. The van der Waals surface area contributed by atoms with Crippen LogP contribution in [0.25, 0.3) is 0 Å². The number of benzene rings is 1. The molecule has 0 aliphatic rings. The number of carbonyl (C=O) groups excluding carboxylic acids is 2. The molecular weight excluding hydrogens is 252 g/mol. The van der Waals surface area contributed by atoms with Crippen molar-refractivity contribution >= 4 is 17.4 Å². The normalized spacial score (nSPS) is 12.1. The highest BCUT2D eigenvalue weighted by molar-refractivity contribution is 5.96. The Labute approximate surface area is 121 Å². The number of hydrogen-bond acceptors (Lipinski definition) is 3. The number of anilines is 1. The van der Waals surface area contributed by atoms with Crippen LogP contribution in [0.4, 0.5) is 5.69 Å². The SMILES string of the molecule is CCC(=O)c1ccc(NC(C)C(=O)NCC(C)C)cc1. The second-order valence-electron chi connectivity index (χ2n) is 5.36. The Bertz CT molecular complexity index is 452. The van der Waals surface area contributed by atoms with Gasteiger partial charge in [0.1, 0.15) is 6.04 Å². The van der Waals surface area contributed by atoms with Crippen LogP contribution in [0.2, 0.25) is 0 Å². The lowest BCUT2D eigenvalue weighted by Gasteiger charge is -2.16. The van der Waals surface area contributed by atoms with Crippen LogP contribution in [-0.2, 0) is 4.79 Å². The van der Waals surface area contributed by atoms with Crippen molar-refractivity contribution in [3.63, 3.8) is 0 Å². The predicted octanol–water partition coefficient (Wildman–Crippen LogP) is 2.85. The van der Waals surface area contributed by atoms with E-state index >= 15 is 0 Å². The molecule has 0 bridgehead atoms. The number of hydrogen-bond donors (Lipinski definition) is 2. The molecule has 0 aliphatic heterocycles. The minimum atomic E-state index is -0.304. The summed E-state index contributed by atoms with van der Waals surface area (Å²) in [4.78, 5) is 23.4. The third-order valence-corrected chi connectivity index (χ3v) is 2.99. The van der Waals surface area contributed by atoms with Crippen LogP contribution in [0.3, 0.4) is 0 Å². The first kappa shape index (κ1) is 16.2. The van der Waals surface area contributed by atoms with Gasteiger partial charge >= 0.3 is 0 Å². The lowest BCUT2D eigenvalue weighted by molar-refractivity contribution is -0.121. The van der Waals surface area contributed by atoms with Gasteiger partial charge in [-0.15, -0.1) is 0 Å². The van der Waals surface area contributed by atoms with Crippen LogP contribution in [0.5, 0.6) is 0 Å². The van der Waals surface area contributed by atoms with Gasteiger partial charge in [-0.1, -0.05) is 20.8 Å². The van der Waals surface area contributed by atoms with Crippen molar-refractivity contribution in [1.29, 1.82) is 0 Å². The lowest BCUT2D eigenvalue weighted by atomic mass is 10.1. The van der Waals surface area contributed by atoms with Gasteiger partial charge in [0.15, 0.2) is 5.78 Å². The first-order valence-corrected chi connectivity index (χ1v) is 7.11. The van der Waals surface area contributed by atoms with Gasteiger partial charge in [0.05, 0.1) is 0 Å². The van der Waals surface area contributed by atoms with E-state index in [0.717, 1.165) is 5.69 Å². The topological polar surface area (TPSA) is 58.2 Å². The molecule has 1 rings (SSSR count). The van der Waals surface area contributed by atoms with E-state index in [1.807, 2.05) is 26.0 Å². The molecule has 20 heavy (non-hydrogen) atoms. The van der Waals surface area contributed by atoms with Gasteiger partial charge in [0, 0.05) is 24.2 Å². The monoisotopic (exact) mass is 276 g/mol. The summed E-state index contributed by atoms with van der Waals surface area (Å²) < 4.78 is 0. The van der Waals surface area contributed by atoms with E-state index in [4.69, 9.17) is 0 Å². The van der Waals surface area contributed by atoms with E-state index in [0.29, 0.717) is 24.4 Å². The number of rotatable bonds is 7. The zero-order chi connectivity index (χ0) is 15.1. The molecule has 0 heterocycles. The van der Waals surface area contributed by atoms with Gasteiger partial charge in [-0.25, -0.2) is 0 Å². The summed E-state index contributed by atoms with van der Waals surface area (Å²) in [5.41, 5.74) is 1.54. The maximum atomic E-state index is 11.8. The summed E-state index contributed by atoms with van der Waals surface area (Å²) in [6, 6.07) is 6.92. The highest BCUT2D eigenvalue weighted by Gasteiger charge is 2.12. The molecule has 0 fully saturated rings. The van der Waals surface area contributed by atoms with Crippen LogP contribution in [0, 0.1) is 5.92 Å². The summed E-state index contributed by atoms with van der Waals surface area (Å²) in [5.74, 6) is 0.539. The third-order valence-electron chi connectivity index (χ3n) is 2.99. The number of amides is 1. The second-order valence-corrected chi connectivity index (χ2v) is 5.36. The quantitative estimate of drug-likeness (QED) is 0.753. The molecule has 1 unspecified atom stereocenters. The van der Waals surface area contributed by atoms with Crippen LogP contribution in [0.1, 0.15) is 44.5 Å². The van der Waals surface area contributed by atoms with Gasteiger partial charge in [0.2, 0.25) is 5.91 Å². The standard InChI is InChI=1S/C16H24N2O2/c1-5-15(19)13-6-8-14(9-7-13)18-12(4)16(20)17-10-11(2)3/h6-9,11-12,18H,5,10H2,1-4H3,(H,17,20). The Hall–Kier alpha value is -1.84. The van der Waals surface area contributed by atoms with Crippen molar-refractivity contribution in [2.75, 3.05) is 11.9 Å². The molecule has 0 saturated heterocycles. The van der Waals surface area contributed by atoms with Gasteiger partial charge in [0.25, 0.3) is 0 Å². The average molecular weight is 276 g/mol. The van der Waals surface area contributed by atoms with E-state index in [1.165, 1.54) is 0 Å². The summed E-state index contributed by atoms with van der Waals surface area (Å²) in [6.07, 6.45) is 0.501. The van der Waals surface area contributed by atoms with Gasteiger partial charge in [-0.05, 0) is 37.1 Å². The lowest BCUT2D eigenvalue weighted by Crippen LogP contribution is -2.39. The summed E-state index contributed by atoms with van der Waals surface area (Å²) in [7, 11) is 0. The Morgan fingerprint density at radius 1 is 1.10 bits per heavy atom. The number of carbonyl (C=O) groups is 2. The Kier molecular flexibility index (Phi) is 6.22. The first-order valence-electron chi connectivity index (χ1n) is 7.11. The molecule has 1 aromatic rings. The molecular formula is C16H24N2O2. The van der Waals surface area contributed by atoms with Gasteiger partial charge < -0.3 is 10.6 Å². The van der Waals surface area contributed by atoms with Crippen molar-refractivity contribution in [3.05, 3.63) is 29.8 Å². The van der Waals surface area contributed by atoms with Crippen LogP contribution < -0.4 is 10.6 Å². The average Bonchev–Trinajstić information content (AvgIpc) is 2.44. The Morgan fingerprint density at radius 2 is 1.70 bits per heavy atom. The van der Waals surface area contributed by atoms with E-state index < -0.39 is 0 Å².